The zero-order valence-corrected chi connectivity index (χ0v) is 19.6. The SMILES string of the molecule is Cc1ccc(NC(=O)CN(C)C(=O)CNc2ccc(NC(=O)c3ccccc3)cc2C(F)(F)F)cc1. The molecule has 0 aliphatic heterocycles. The van der Waals surface area contributed by atoms with E-state index in [1.165, 1.54) is 13.1 Å². The summed E-state index contributed by atoms with van der Waals surface area (Å²) >= 11 is 0. The lowest BCUT2D eigenvalue weighted by Gasteiger charge is -2.19. The Hall–Kier alpha value is -4.34. The molecule has 0 aliphatic carbocycles. The Morgan fingerprint density at radius 1 is 0.861 bits per heavy atom. The molecular weight excluding hydrogens is 473 g/mol. The largest absolute Gasteiger partial charge is 0.418 e. The minimum Gasteiger partial charge on any atom is -0.376 e. The maximum atomic E-state index is 13.7. The Morgan fingerprint density at radius 3 is 2.14 bits per heavy atom. The quantitative estimate of drug-likeness (QED) is 0.417. The van der Waals surface area contributed by atoms with Crippen molar-refractivity contribution in [2.24, 2.45) is 0 Å². The molecule has 188 valence electrons. The second-order valence-electron chi connectivity index (χ2n) is 8.10. The molecule has 0 aromatic heterocycles. The van der Waals surface area contributed by atoms with Crippen LogP contribution >= 0.6 is 0 Å². The first-order valence-electron chi connectivity index (χ1n) is 10.9. The number of carbonyl (C=O) groups excluding carboxylic acids is 3. The number of halogens is 3. The Morgan fingerprint density at radius 2 is 1.50 bits per heavy atom. The number of rotatable bonds is 8. The first kappa shape index (κ1) is 26.3. The molecule has 0 heterocycles. The van der Waals surface area contributed by atoms with E-state index >= 15 is 0 Å². The molecule has 0 saturated carbocycles. The predicted molar refractivity (Wildman–Crippen MR) is 132 cm³/mol. The van der Waals surface area contributed by atoms with Crippen LogP contribution in [0.3, 0.4) is 0 Å². The lowest BCUT2D eigenvalue weighted by atomic mass is 10.1. The van der Waals surface area contributed by atoms with Crippen LogP contribution in [0, 0.1) is 6.92 Å². The summed E-state index contributed by atoms with van der Waals surface area (Å²) in [7, 11) is 1.38. The number of nitrogens with one attached hydrogen (secondary N) is 3. The van der Waals surface area contributed by atoms with Crippen LogP contribution in [-0.4, -0.2) is 42.8 Å². The summed E-state index contributed by atoms with van der Waals surface area (Å²) in [5, 5.41) is 7.58. The van der Waals surface area contributed by atoms with E-state index in [4.69, 9.17) is 0 Å². The van der Waals surface area contributed by atoms with Crippen LogP contribution in [0.5, 0.6) is 0 Å². The molecule has 3 amide bonds. The summed E-state index contributed by atoms with van der Waals surface area (Å²) in [6.07, 6.45) is -4.74. The van der Waals surface area contributed by atoms with Crippen LogP contribution in [0.2, 0.25) is 0 Å². The molecule has 0 atom stereocenters. The van der Waals surface area contributed by atoms with Gasteiger partial charge in [0.2, 0.25) is 11.8 Å². The van der Waals surface area contributed by atoms with Gasteiger partial charge >= 0.3 is 6.18 Å². The van der Waals surface area contributed by atoms with Crippen molar-refractivity contribution in [1.29, 1.82) is 0 Å². The topological polar surface area (TPSA) is 90.5 Å². The Labute approximate surface area is 206 Å². The van der Waals surface area contributed by atoms with E-state index in [0.29, 0.717) is 11.3 Å². The minimum atomic E-state index is -4.74. The molecule has 3 rings (SSSR count). The molecule has 0 spiro atoms. The van der Waals surface area contributed by atoms with Gasteiger partial charge in [-0.25, -0.2) is 0 Å². The molecule has 0 radical (unpaired) electrons. The lowest BCUT2D eigenvalue weighted by molar-refractivity contribution is -0.137. The van der Waals surface area contributed by atoms with Crippen LogP contribution in [0.25, 0.3) is 0 Å². The summed E-state index contributed by atoms with van der Waals surface area (Å²) in [5.41, 5.74) is 0.480. The lowest BCUT2D eigenvalue weighted by Crippen LogP contribution is -2.38. The van der Waals surface area contributed by atoms with Crippen molar-refractivity contribution in [2.75, 3.05) is 36.1 Å². The average Bonchev–Trinajstić information content (AvgIpc) is 2.84. The molecule has 7 nitrogen and oxygen atoms in total. The highest BCUT2D eigenvalue weighted by molar-refractivity contribution is 6.04. The van der Waals surface area contributed by atoms with Gasteiger partial charge in [0.15, 0.2) is 0 Å². The van der Waals surface area contributed by atoms with Crippen molar-refractivity contribution in [3.8, 4) is 0 Å². The third-order valence-corrected chi connectivity index (χ3v) is 5.19. The fraction of sp³-hybridized carbons (Fsp3) is 0.192. The summed E-state index contributed by atoms with van der Waals surface area (Å²) in [4.78, 5) is 38.0. The Bertz CT molecular complexity index is 1230. The molecule has 0 saturated heterocycles. The molecule has 0 unspecified atom stereocenters. The smallest absolute Gasteiger partial charge is 0.376 e. The van der Waals surface area contributed by atoms with Crippen molar-refractivity contribution >= 4 is 34.8 Å². The van der Waals surface area contributed by atoms with Gasteiger partial charge in [0, 0.05) is 29.7 Å². The highest BCUT2D eigenvalue weighted by Gasteiger charge is 2.34. The van der Waals surface area contributed by atoms with Gasteiger partial charge in [0.1, 0.15) is 0 Å². The van der Waals surface area contributed by atoms with Gasteiger partial charge in [-0.3, -0.25) is 14.4 Å². The number of carbonyl (C=O) groups is 3. The number of anilines is 3. The second kappa shape index (κ2) is 11.4. The van der Waals surface area contributed by atoms with E-state index in [1.54, 1.807) is 42.5 Å². The summed E-state index contributed by atoms with van der Waals surface area (Å²) in [5.74, 6) is -1.57. The summed E-state index contributed by atoms with van der Waals surface area (Å²) in [6, 6.07) is 18.4. The van der Waals surface area contributed by atoms with E-state index in [1.807, 2.05) is 19.1 Å². The van der Waals surface area contributed by atoms with E-state index < -0.39 is 36.0 Å². The molecule has 3 aromatic rings. The van der Waals surface area contributed by atoms with Crippen molar-refractivity contribution in [3.05, 3.63) is 89.5 Å². The second-order valence-corrected chi connectivity index (χ2v) is 8.10. The maximum Gasteiger partial charge on any atom is 0.418 e. The van der Waals surface area contributed by atoms with Crippen molar-refractivity contribution < 1.29 is 27.6 Å². The first-order valence-corrected chi connectivity index (χ1v) is 10.9. The fourth-order valence-corrected chi connectivity index (χ4v) is 3.25. The number of alkyl halides is 3. The average molecular weight is 499 g/mol. The summed E-state index contributed by atoms with van der Waals surface area (Å²) in [6.45, 7) is 1.17. The third-order valence-electron chi connectivity index (χ3n) is 5.19. The number of amides is 3. The molecule has 3 N–H and O–H groups in total. The van der Waals surface area contributed by atoms with Crippen LogP contribution in [0.4, 0.5) is 30.2 Å². The Balaban J connectivity index is 1.61. The molecule has 0 bridgehead atoms. The number of nitrogens with zero attached hydrogens (tertiary/aromatic N) is 1. The Kier molecular flexibility index (Phi) is 8.31. The van der Waals surface area contributed by atoms with E-state index in [2.05, 4.69) is 16.0 Å². The minimum absolute atomic E-state index is 0.0436. The standard InChI is InChI=1S/C26H25F3N4O3/c1-17-8-10-19(11-9-17)31-23(34)16-33(2)24(35)15-30-22-13-12-20(14-21(22)26(27,28)29)32-25(36)18-6-4-3-5-7-18/h3-14,30H,15-16H2,1-2H3,(H,31,34)(H,32,36). The molecule has 3 aromatic carbocycles. The summed E-state index contributed by atoms with van der Waals surface area (Å²) < 4.78 is 41.0. The molecule has 10 heteroatoms. The van der Waals surface area contributed by atoms with Crippen LogP contribution in [0.15, 0.2) is 72.8 Å². The fourth-order valence-electron chi connectivity index (χ4n) is 3.25. The van der Waals surface area contributed by atoms with Crippen molar-refractivity contribution in [2.45, 2.75) is 13.1 Å². The van der Waals surface area contributed by atoms with E-state index in [-0.39, 0.29) is 17.9 Å². The molecule has 0 fully saturated rings. The number of aryl methyl sites for hydroxylation is 1. The number of likely N-dealkylation sites (N-methyl/N-ethyl adjacent to an activating group) is 1. The van der Waals surface area contributed by atoms with Gasteiger partial charge < -0.3 is 20.9 Å². The number of benzene rings is 3. The van der Waals surface area contributed by atoms with Gasteiger partial charge in [-0.1, -0.05) is 35.9 Å². The first-order chi connectivity index (χ1) is 17.0. The zero-order valence-electron chi connectivity index (χ0n) is 19.6. The van der Waals surface area contributed by atoms with Gasteiger partial charge in [0.05, 0.1) is 18.7 Å². The number of hydrogen-bond donors (Lipinski definition) is 3. The van der Waals surface area contributed by atoms with Gasteiger partial charge in [-0.2, -0.15) is 13.2 Å². The van der Waals surface area contributed by atoms with Gasteiger partial charge in [-0.05, 0) is 49.4 Å². The van der Waals surface area contributed by atoms with Gasteiger partial charge in [0.25, 0.3) is 5.91 Å². The van der Waals surface area contributed by atoms with E-state index in [0.717, 1.165) is 22.6 Å². The molecule has 0 aliphatic rings. The van der Waals surface area contributed by atoms with Crippen molar-refractivity contribution in [3.63, 3.8) is 0 Å². The molecule has 36 heavy (non-hydrogen) atoms. The number of hydrogen-bond acceptors (Lipinski definition) is 4. The predicted octanol–water partition coefficient (Wildman–Crippen LogP) is 4.78. The highest BCUT2D eigenvalue weighted by Crippen LogP contribution is 2.36. The zero-order chi connectivity index (χ0) is 26.3. The van der Waals surface area contributed by atoms with Crippen molar-refractivity contribution in [1.82, 2.24) is 4.90 Å². The normalized spacial score (nSPS) is 10.9. The monoisotopic (exact) mass is 498 g/mol. The third kappa shape index (κ3) is 7.33. The molecular formula is C26H25F3N4O3. The van der Waals surface area contributed by atoms with Crippen LogP contribution in [-0.2, 0) is 15.8 Å². The van der Waals surface area contributed by atoms with Crippen LogP contribution < -0.4 is 16.0 Å². The van der Waals surface area contributed by atoms with Gasteiger partial charge in [-0.15, -0.1) is 0 Å². The van der Waals surface area contributed by atoms with E-state index in [9.17, 15) is 27.6 Å². The highest BCUT2D eigenvalue weighted by atomic mass is 19.4. The van der Waals surface area contributed by atoms with Crippen LogP contribution in [0.1, 0.15) is 21.5 Å². The maximum absolute atomic E-state index is 13.7.